The summed E-state index contributed by atoms with van der Waals surface area (Å²) >= 11 is 0. The number of aromatic nitrogens is 1. The Morgan fingerprint density at radius 1 is 1.21 bits per heavy atom. The van der Waals surface area contributed by atoms with E-state index in [1.165, 1.54) is 12.1 Å². The predicted molar refractivity (Wildman–Crippen MR) is 90.5 cm³/mol. The monoisotopic (exact) mass is 327 g/mol. The number of pyridine rings is 1. The van der Waals surface area contributed by atoms with E-state index in [1.807, 2.05) is 18.2 Å². The molecule has 1 aromatic heterocycles. The molecule has 1 aliphatic heterocycles. The number of piperidine rings is 1. The number of hydrogen-bond acceptors (Lipinski definition) is 3. The number of carbonyl (C=O) groups excluding carboxylic acids is 1. The van der Waals surface area contributed by atoms with E-state index >= 15 is 0 Å². The van der Waals surface area contributed by atoms with Crippen LogP contribution in [0.4, 0.5) is 4.39 Å². The van der Waals surface area contributed by atoms with Gasteiger partial charge in [-0.1, -0.05) is 18.6 Å². The lowest BCUT2D eigenvalue weighted by Crippen LogP contribution is -2.48. The molecule has 2 aromatic rings. The molecule has 1 aromatic carbocycles. The first-order chi connectivity index (χ1) is 11.7. The Hall–Kier alpha value is -2.27. The standard InChI is InChI=1S/C19H22FN3O/c20-17-5-3-4-16(12-17)13-22-19(24)18-6-1-2-11-23(18)14-15-7-9-21-10-8-15/h3-5,7-10,12,18H,1-2,6,11,13-14H2,(H,22,24). The van der Waals surface area contributed by atoms with Gasteiger partial charge in [0.05, 0.1) is 6.04 Å². The van der Waals surface area contributed by atoms with Crippen molar-refractivity contribution in [2.24, 2.45) is 0 Å². The van der Waals surface area contributed by atoms with Crippen LogP contribution in [-0.2, 0) is 17.9 Å². The van der Waals surface area contributed by atoms with E-state index in [0.717, 1.165) is 43.5 Å². The van der Waals surface area contributed by atoms with Crippen molar-refractivity contribution in [3.05, 3.63) is 65.7 Å². The minimum absolute atomic E-state index is 0.0213. The fourth-order valence-corrected chi connectivity index (χ4v) is 3.15. The molecule has 0 saturated carbocycles. The molecule has 4 nitrogen and oxygen atoms in total. The highest BCUT2D eigenvalue weighted by Crippen LogP contribution is 2.20. The van der Waals surface area contributed by atoms with E-state index in [4.69, 9.17) is 0 Å². The summed E-state index contributed by atoms with van der Waals surface area (Å²) in [5, 5.41) is 2.95. The Bertz CT molecular complexity index is 677. The van der Waals surface area contributed by atoms with Gasteiger partial charge in [0.1, 0.15) is 5.82 Å². The number of likely N-dealkylation sites (tertiary alicyclic amines) is 1. The molecule has 0 radical (unpaired) electrons. The largest absolute Gasteiger partial charge is 0.351 e. The third kappa shape index (κ3) is 4.38. The Balaban J connectivity index is 1.60. The van der Waals surface area contributed by atoms with Crippen LogP contribution in [0, 0.1) is 5.82 Å². The van der Waals surface area contributed by atoms with Crippen molar-refractivity contribution in [1.82, 2.24) is 15.2 Å². The second kappa shape index (κ2) is 8.02. The van der Waals surface area contributed by atoms with Crippen LogP contribution < -0.4 is 5.32 Å². The molecule has 1 fully saturated rings. The van der Waals surface area contributed by atoms with Crippen LogP contribution in [0.15, 0.2) is 48.8 Å². The van der Waals surface area contributed by atoms with Gasteiger partial charge in [-0.15, -0.1) is 0 Å². The molecular weight excluding hydrogens is 305 g/mol. The second-order valence-electron chi connectivity index (χ2n) is 6.19. The number of nitrogens with one attached hydrogen (secondary N) is 1. The zero-order valence-corrected chi connectivity index (χ0v) is 13.6. The summed E-state index contributed by atoms with van der Waals surface area (Å²) in [7, 11) is 0. The molecule has 1 saturated heterocycles. The fourth-order valence-electron chi connectivity index (χ4n) is 3.15. The summed E-state index contributed by atoms with van der Waals surface area (Å²) in [5.41, 5.74) is 1.94. The van der Waals surface area contributed by atoms with E-state index in [0.29, 0.717) is 6.54 Å². The molecule has 3 rings (SSSR count). The van der Waals surface area contributed by atoms with Crippen LogP contribution in [0.5, 0.6) is 0 Å². The van der Waals surface area contributed by atoms with Crippen molar-refractivity contribution in [3.63, 3.8) is 0 Å². The Morgan fingerprint density at radius 3 is 2.83 bits per heavy atom. The van der Waals surface area contributed by atoms with Gasteiger partial charge in [0.15, 0.2) is 0 Å². The van der Waals surface area contributed by atoms with E-state index in [1.54, 1.807) is 18.5 Å². The normalized spacial score (nSPS) is 18.3. The molecule has 0 aliphatic carbocycles. The van der Waals surface area contributed by atoms with Crippen molar-refractivity contribution in [2.45, 2.75) is 38.4 Å². The number of carbonyl (C=O) groups is 1. The molecule has 1 unspecified atom stereocenters. The number of hydrogen-bond donors (Lipinski definition) is 1. The molecule has 2 heterocycles. The van der Waals surface area contributed by atoms with Gasteiger partial charge in [-0.25, -0.2) is 4.39 Å². The summed E-state index contributed by atoms with van der Waals surface area (Å²) in [4.78, 5) is 18.9. The molecule has 0 bridgehead atoms. The van der Waals surface area contributed by atoms with Gasteiger partial charge in [0, 0.05) is 25.5 Å². The molecule has 126 valence electrons. The Morgan fingerprint density at radius 2 is 2.04 bits per heavy atom. The minimum Gasteiger partial charge on any atom is -0.351 e. The van der Waals surface area contributed by atoms with Crippen LogP contribution in [-0.4, -0.2) is 28.4 Å². The van der Waals surface area contributed by atoms with Crippen LogP contribution in [0.1, 0.15) is 30.4 Å². The summed E-state index contributed by atoms with van der Waals surface area (Å²) in [5.74, 6) is -0.258. The first-order valence-electron chi connectivity index (χ1n) is 8.37. The van der Waals surface area contributed by atoms with Crippen molar-refractivity contribution >= 4 is 5.91 Å². The number of nitrogens with zero attached hydrogens (tertiary/aromatic N) is 2. The molecule has 0 spiro atoms. The van der Waals surface area contributed by atoms with E-state index in [-0.39, 0.29) is 17.8 Å². The van der Waals surface area contributed by atoms with E-state index in [2.05, 4.69) is 15.2 Å². The highest BCUT2D eigenvalue weighted by molar-refractivity contribution is 5.81. The van der Waals surface area contributed by atoms with Crippen molar-refractivity contribution in [2.75, 3.05) is 6.54 Å². The van der Waals surface area contributed by atoms with Crippen molar-refractivity contribution < 1.29 is 9.18 Å². The second-order valence-corrected chi connectivity index (χ2v) is 6.19. The van der Waals surface area contributed by atoms with Gasteiger partial charge in [0.2, 0.25) is 5.91 Å². The SMILES string of the molecule is O=C(NCc1cccc(F)c1)C1CCCCN1Cc1ccncc1. The van der Waals surface area contributed by atoms with Gasteiger partial charge in [0.25, 0.3) is 0 Å². The minimum atomic E-state index is -0.279. The maximum Gasteiger partial charge on any atom is 0.237 e. The fraction of sp³-hybridized carbons (Fsp3) is 0.368. The van der Waals surface area contributed by atoms with Gasteiger partial charge in [-0.3, -0.25) is 14.7 Å². The summed E-state index contributed by atoms with van der Waals surface area (Å²) in [6.45, 7) is 2.02. The van der Waals surface area contributed by atoms with Gasteiger partial charge < -0.3 is 5.32 Å². The summed E-state index contributed by atoms with van der Waals surface area (Å²) < 4.78 is 13.2. The van der Waals surface area contributed by atoms with Crippen LogP contribution in [0.2, 0.25) is 0 Å². The number of amides is 1. The molecule has 1 aliphatic rings. The van der Waals surface area contributed by atoms with Gasteiger partial charge >= 0.3 is 0 Å². The average molecular weight is 327 g/mol. The third-order valence-corrected chi connectivity index (χ3v) is 4.41. The number of halogens is 1. The van der Waals surface area contributed by atoms with Crippen LogP contribution in [0.25, 0.3) is 0 Å². The maximum atomic E-state index is 13.2. The summed E-state index contributed by atoms with van der Waals surface area (Å²) in [6.07, 6.45) is 6.58. The first-order valence-corrected chi connectivity index (χ1v) is 8.37. The first kappa shape index (κ1) is 16.6. The summed E-state index contributed by atoms with van der Waals surface area (Å²) in [6, 6.07) is 10.2. The quantitative estimate of drug-likeness (QED) is 0.918. The Labute approximate surface area is 141 Å². The molecular formula is C19H22FN3O. The molecule has 5 heteroatoms. The lowest BCUT2D eigenvalue weighted by atomic mass is 10.0. The zero-order valence-electron chi connectivity index (χ0n) is 13.6. The highest BCUT2D eigenvalue weighted by Gasteiger charge is 2.28. The van der Waals surface area contributed by atoms with Crippen LogP contribution in [0.3, 0.4) is 0 Å². The van der Waals surface area contributed by atoms with E-state index < -0.39 is 0 Å². The lowest BCUT2D eigenvalue weighted by molar-refractivity contribution is -0.128. The Kier molecular flexibility index (Phi) is 5.54. The van der Waals surface area contributed by atoms with Crippen molar-refractivity contribution in [3.8, 4) is 0 Å². The predicted octanol–water partition coefficient (Wildman–Crippen LogP) is 2.89. The molecule has 1 amide bonds. The van der Waals surface area contributed by atoms with Crippen molar-refractivity contribution in [1.29, 1.82) is 0 Å². The number of rotatable bonds is 5. The lowest BCUT2D eigenvalue weighted by Gasteiger charge is -2.34. The molecule has 1 atom stereocenters. The highest BCUT2D eigenvalue weighted by atomic mass is 19.1. The number of benzene rings is 1. The molecule has 24 heavy (non-hydrogen) atoms. The van der Waals surface area contributed by atoms with Gasteiger partial charge in [-0.2, -0.15) is 0 Å². The third-order valence-electron chi connectivity index (χ3n) is 4.41. The average Bonchev–Trinajstić information content (AvgIpc) is 2.61. The topological polar surface area (TPSA) is 45.2 Å². The van der Waals surface area contributed by atoms with Gasteiger partial charge in [-0.05, 0) is 54.8 Å². The van der Waals surface area contributed by atoms with Crippen LogP contribution >= 0.6 is 0 Å². The maximum absolute atomic E-state index is 13.2. The molecule has 1 N–H and O–H groups in total. The smallest absolute Gasteiger partial charge is 0.237 e. The van der Waals surface area contributed by atoms with E-state index in [9.17, 15) is 9.18 Å². The zero-order chi connectivity index (χ0) is 16.8.